The number of nitrogens with one attached hydrogen (secondary N) is 4. The predicted molar refractivity (Wildman–Crippen MR) is 381 cm³/mol. The summed E-state index contributed by atoms with van der Waals surface area (Å²) < 4.78 is 13.3. The molecule has 1 aromatic heterocycles. The molecule has 3 atom stereocenters. The number of benzene rings is 4. The lowest BCUT2D eigenvalue weighted by atomic mass is 9.74. The quantitative estimate of drug-likeness (QED) is 0.00643. The van der Waals surface area contributed by atoms with Crippen LogP contribution in [0.2, 0.25) is 0 Å². The third-order valence-electron chi connectivity index (χ3n) is 18.7. The van der Waals surface area contributed by atoms with Crippen LogP contribution >= 0.6 is 0 Å². The number of ether oxygens (including phenoxy) is 2. The first-order chi connectivity index (χ1) is 44.3. The van der Waals surface area contributed by atoms with Gasteiger partial charge in [-0.2, -0.15) is 0 Å². The molecule has 0 bridgehead atoms. The van der Waals surface area contributed by atoms with Gasteiger partial charge < -0.3 is 35.7 Å². The third-order valence-corrected chi connectivity index (χ3v) is 18.7. The summed E-state index contributed by atoms with van der Waals surface area (Å²) in [5.41, 5.74) is 14.0. The molecule has 11 heteroatoms. The summed E-state index contributed by atoms with van der Waals surface area (Å²) in [7, 11) is 0. The number of allylic oxidation sites excluding steroid dienone is 4. The first kappa shape index (κ1) is 73.6. The topological polar surface area (TPSA) is 158 Å². The number of carbonyl (C=O) groups excluding carboxylic acids is 2. The van der Waals surface area contributed by atoms with Crippen molar-refractivity contribution >= 4 is 23.5 Å². The Kier molecular flexibility index (Phi) is 33.3. The number of aromatic amines is 1. The van der Waals surface area contributed by atoms with E-state index in [1.165, 1.54) is 128 Å². The highest BCUT2D eigenvalue weighted by atomic mass is 16.5. The predicted octanol–water partition coefficient (Wildman–Crippen LogP) is 19.9. The van der Waals surface area contributed by atoms with Gasteiger partial charge in [-0.3, -0.25) is 10.2 Å². The molecule has 1 unspecified atom stereocenters. The molecule has 1 aliphatic rings. The molecule has 0 aliphatic carbocycles. The molecule has 11 nitrogen and oxygen atoms in total. The molecule has 0 radical (unpaired) electrons. The standard InChI is InChI=1S/C80H119N7O4/c1-8-10-12-14-16-18-20-22-24-26-28-30-32-34-36-47-56-70(55-46-35-33-31-29-27-25-23-21-19-17-15-13-11-9-2)90-77(89)73(59-69-61-83-62-85-69)87(80(66-49-40-37-41-50-66,67-51-42-38-43-52-67)68-53-44-39-45-54-68)76(88)72(81)57-48-58-84-78(82)86-74-63(3)64(4)75-71(65(74)5)60-79(6,7)91-75/h22-25,37-45,49-54,61-62,70,72-73H,8-21,26-36,46-48,55-60,81H2,1-7H3,(H,83,85)(H3,82,84,86)/b24-22-,25-23-/t70?,72-,73-/m0/s1. The average Bonchev–Trinajstić information content (AvgIpc) is 1.02. The van der Waals surface area contributed by atoms with Gasteiger partial charge in [-0.15, -0.1) is 0 Å². The number of hydrogen-bond acceptors (Lipinski definition) is 7. The zero-order valence-corrected chi connectivity index (χ0v) is 57.5. The Morgan fingerprint density at radius 1 is 0.637 bits per heavy atom. The number of carbonyl (C=O) groups is 2. The molecule has 1 aliphatic heterocycles. The highest BCUT2D eigenvalue weighted by Gasteiger charge is 2.51. The average molecular weight is 1240 g/mol. The van der Waals surface area contributed by atoms with Crippen molar-refractivity contribution in [2.75, 3.05) is 11.9 Å². The molecule has 1 amide bonds. The van der Waals surface area contributed by atoms with Gasteiger partial charge in [0.1, 0.15) is 29.0 Å². The molecule has 91 heavy (non-hydrogen) atoms. The summed E-state index contributed by atoms with van der Waals surface area (Å²) in [6, 6.07) is 28.0. The first-order valence-corrected chi connectivity index (χ1v) is 36.0. The second kappa shape index (κ2) is 41.2. The van der Waals surface area contributed by atoms with Crippen molar-refractivity contribution in [1.29, 1.82) is 5.41 Å². The van der Waals surface area contributed by atoms with Crippen LogP contribution in [0.5, 0.6) is 5.75 Å². The van der Waals surface area contributed by atoms with Crippen LogP contribution in [-0.2, 0) is 32.7 Å². The Bertz CT molecular complexity index is 2790. The van der Waals surface area contributed by atoms with Crippen molar-refractivity contribution in [3.63, 3.8) is 0 Å². The first-order valence-electron chi connectivity index (χ1n) is 36.0. The van der Waals surface area contributed by atoms with Gasteiger partial charge in [-0.25, -0.2) is 9.78 Å². The van der Waals surface area contributed by atoms with Gasteiger partial charge in [-0.05, 0) is 158 Å². The molecule has 0 spiro atoms. The summed E-state index contributed by atoms with van der Waals surface area (Å²) >= 11 is 0. The number of esters is 1. The van der Waals surface area contributed by atoms with Crippen molar-refractivity contribution in [3.8, 4) is 5.75 Å². The second-order valence-electron chi connectivity index (χ2n) is 26.7. The van der Waals surface area contributed by atoms with Crippen molar-refractivity contribution in [3.05, 3.63) is 172 Å². The van der Waals surface area contributed by atoms with Gasteiger partial charge >= 0.3 is 5.97 Å². The normalized spacial score (nSPS) is 13.9. The van der Waals surface area contributed by atoms with E-state index in [0.717, 1.165) is 115 Å². The summed E-state index contributed by atoms with van der Waals surface area (Å²) in [6.07, 6.45) is 48.9. The number of nitrogens with two attached hydrogens (primary N) is 1. The number of guanidine groups is 1. The smallest absolute Gasteiger partial charge is 0.329 e. The van der Waals surface area contributed by atoms with Gasteiger partial charge in [0.15, 0.2) is 5.96 Å². The third kappa shape index (κ3) is 23.9. The number of fused-ring (bicyclic) bond motifs is 1. The molecule has 0 saturated heterocycles. The maximum Gasteiger partial charge on any atom is 0.329 e. The number of rotatable bonds is 46. The number of H-pyrrole nitrogens is 1. The maximum atomic E-state index is 16.3. The lowest BCUT2D eigenvalue weighted by Crippen LogP contribution is -2.62. The minimum atomic E-state index is -1.35. The molecule has 6 rings (SSSR count). The van der Waals surface area contributed by atoms with Crippen LogP contribution in [0.4, 0.5) is 5.69 Å². The molecule has 6 N–H and O–H groups in total. The van der Waals surface area contributed by atoms with Gasteiger partial charge in [0, 0.05) is 36.8 Å². The summed E-state index contributed by atoms with van der Waals surface area (Å²) in [4.78, 5) is 42.0. The van der Waals surface area contributed by atoms with Gasteiger partial charge in [0.05, 0.1) is 18.1 Å². The van der Waals surface area contributed by atoms with E-state index in [0.29, 0.717) is 18.7 Å². The van der Waals surface area contributed by atoms with E-state index in [1.807, 2.05) is 60.8 Å². The Labute approximate surface area is 550 Å². The zero-order chi connectivity index (χ0) is 64.9. The minimum Gasteiger partial charge on any atom is -0.487 e. The fraction of sp³-hybridized carbons (Fsp3) is 0.575. The zero-order valence-electron chi connectivity index (χ0n) is 57.5. The van der Waals surface area contributed by atoms with E-state index in [9.17, 15) is 0 Å². The van der Waals surface area contributed by atoms with Gasteiger partial charge in [-0.1, -0.05) is 238 Å². The summed E-state index contributed by atoms with van der Waals surface area (Å²) in [5.74, 6) is 0.277. The molecule has 0 fully saturated rings. The maximum absolute atomic E-state index is 16.3. The summed E-state index contributed by atoms with van der Waals surface area (Å²) in [6.45, 7) is 15.4. The van der Waals surface area contributed by atoms with Crippen LogP contribution in [0, 0.1) is 26.2 Å². The van der Waals surface area contributed by atoms with Crippen LogP contribution in [0.15, 0.2) is 128 Å². The fourth-order valence-electron chi connectivity index (χ4n) is 13.4. The lowest BCUT2D eigenvalue weighted by Gasteiger charge is -2.49. The van der Waals surface area contributed by atoms with E-state index >= 15 is 9.59 Å². The highest BCUT2D eigenvalue weighted by Crippen LogP contribution is 2.46. The molecule has 498 valence electrons. The fourth-order valence-corrected chi connectivity index (χ4v) is 13.4. The number of aromatic nitrogens is 2. The van der Waals surface area contributed by atoms with Crippen LogP contribution < -0.4 is 21.1 Å². The molecule has 2 heterocycles. The van der Waals surface area contributed by atoms with Crippen molar-refractivity contribution in [2.24, 2.45) is 5.73 Å². The highest BCUT2D eigenvalue weighted by molar-refractivity contribution is 5.94. The van der Waals surface area contributed by atoms with Gasteiger partial charge in [0.25, 0.3) is 0 Å². The van der Waals surface area contributed by atoms with Crippen molar-refractivity contribution in [2.45, 2.75) is 290 Å². The Morgan fingerprint density at radius 2 is 1.09 bits per heavy atom. The Hall–Kier alpha value is -6.46. The molecule has 0 saturated carbocycles. The van der Waals surface area contributed by atoms with Crippen LogP contribution in [0.1, 0.15) is 271 Å². The number of hydrogen-bond donors (Lipinski definition) is 5. The van der Waals surface area contributed by atoms with E-state index in [4.69, 9.17) is 25.6 Å². The molecular weight excluding hydrogens is 1120 g/mol. The summed E-state index contributed by atoms with van der Waals surface area (Å²) in [5, 5.41) is 15.7. The number of unbranched alkanes of at least 4 members (excludes halogenated alkanes) is 23. The Balaban J connectivity index is 1.22. The van der Waals surface area contributed by atoms with Crippen LogP contribution in [0.3, 0.4) is 0 Å². The van der Waals surface area contributed by atoms with Crippen molar-refractivity contribution < 1.29 is 19.1 Å². The minimum absolute atomic E-state index is 0.0957. The van der Waals surface area contributed by atoms with E-state index in [-0.39, 0.29) is 36.4 Å². The Morgan fingerprint density at radius 3 is 1.54 bits per heavy atom. The largest absolute Gasteiger partial charge is 0.487 e. The number of anilines is 1. The SMILES string of the molecule is CCCCCCCC/C=C\CCCCCCCCC(CCCCCCC/C=C\CCCCCCCC)OC(=O)[C@H](Cc1c[nH]cn1)N(C(=O)[C@@H](N)CCCNC(=N)Nc1c(C)c(C)c2c(c1C)CC(C)(C)O2)C(c1ccccc1)(c1ccccc1)c1ccccc1. The van der Waals surface area contributed by atoms with E-state index in [2.05, 4.69) is 125 Å². The van der Waals surface area contributed by atoms with E-state index in [1.54, 1.807) is 11.2 Å². The molecular formula is C80H119N7O4. The monoisotopic (exact) mass is 1240 g/mol. The van der Waals surface area contributed by atoms with Crippen molar-refractivity contribution in [1.82, 2.24) is 20.2 Å². The lowest BCUT2D eigenvalue weighted by molar-refractivity contribution is -0.164. The number of imidazole rings is 1. The number of amides is 1. The second-order valence-corrected chi connectivity index (χ2v) is 26.7. The van der Waals surface area contributed by atoms with Crippen LogP contribution in [0.25, 0.3) is 0 Å². The van der Waals surface area contributed by atoms with Crippen LogP contribution in [-0.4, -0.2) is 63.0 Å². The number of nitrogens with zero attached hydrogens (tertiary/aromatic N) is 2. The molecule has 5 aromatic rings. The van der Waals surface area contributed by atoms with E-state index < -0.39 is 23.6 Å². The molecule has 4 aromatic carbocycles. The van der Waals surface area contributed by atoms with Gasteiger partial charge in [0.2, 0.25) is 5.91 Å².